The minimum atomic E-state index is -1.20. The van der Waals surface area contributed by atoms with E-state index in [-0.39, 0.29) is 10.6 Å². The van der Waals surface area contributed by atoms with E-state index in [4.69, 9.17) is 23.2 Å². The van der Waals surface area contributed by atoms with Gasteiger partial charge in [-0.3, -0.25) is 14.6 Å². The number of thiocarbonyl (C=S) groups is 1. The molecule has 0 atom stereocenters. The Morgan fingerprint density at radius 3 is 2.56 bits per heavy atom. The van der Waals surface area contributed by atoms with Gasteiger partial charge in [0.1, 0.15) is 11.5 Å². The lowest BCUT2D eigenvalue weighted by molar-refractivity contribution is -0.143. The van der Waals surface area contributed by atoms with Gasteiger partial charge in [0.15, 0.2) is 0 Å². The zero-order valence-corrected chi connectivity index (χ0v) is 9.58. The summed E-state index contributed by atoms with van der Waals surface area (Å²) in [4.78, 5) is 22.2. The minimum absolute atomic E-state index is 0.0938. The zero-order valence-electron chi connectivity index (χ0n) is 8.77. The van der Waals surface area contributed by atoms with Gasteiger partial charge in [0.2, 0.25) is 0 Å². The molecule has 0 rings (SSSR count). The van der Waals surface area contributed by atoms with Crippen LogP contribution in [-0.2, 0) is 9.59 Å². The predicted octanol–water partition coefficient (Wildman–Crippen LogP) is -0.567. The molecular formula is C9H13N3O3S. The second-order valence-electron chi connectivity index (χ2n) is 2.72. The van der Waals surface area contributed by atoms with Crippen molar-refractivity contribution in [1.29, 1.82) is 0 Å². The quantitative estimate of drug-likeness (QED) is 0.149. The standard InChI is InChI=1S/C9H13N3O3S/c1-3-4-6(8(16)11-2)9(15)12(10)5-7(13)14/h3-4H,1,5,10H2,2H3,(H,11,16)(H,13,14)/b6-4+. The van der Waals surface area contributed by atoms with E-state index in [9.17, 15) is 9.59 Å². The summed E-state index contributed by atoms with van der Waals surface area (Å²) in [6.45, 7) is 2.83. The van der Waals surface area contributed by atoms with Gasteiger partial charge in [0.25, 0.3) is 5.91 Å². The van der Waals surface area contributed by atoms with E-state index in [0.717, 1.165) is 0 Å². The van der Waals surface area contributed by atoms with Crippen LogP contribution in [0.25, 0.3) is 0 Å². The number of carbonyl (C=O) groups excluding carboxylic acids is 1. The molecule has 0 aliphatic carbocycles. The Labute approximate surface area is 98.4 Å². The number of nitrogens with one attached hydrogen (secondary N) is 1. The van der Waals surface area contributed by atoms with Crippen molar-refractivity contribution in [2.24, 2.45) is 5.84 Å². The maximum Gasteiger partial charge on any atom is 0.324 e. The SMILES string of the molecule is C=C/C=C(/C(=O)N(N)CC(=O)O)C(=S)NC. The van der Waals surface area contributed by atoms with Crippen LogP contribution in [0.15, 0.2) is 24.3 Å². The predicted molar refractivity (Wildman–Crippen MR) is 63.5 cm³/mol. The smallest absolute Gasteiger partial charge is 0.324 e. The molecule has 0 unspecified atom stereocenters. The second-order valence-corrected chi connectivity index (χ2v) is 3.13. The van der Waals surface area contributed by atoms with Crippen molar-refractivity contribution < 1.29 is 14.7 Å². The van der Waals surface area contributed by atoms with Crippen LogP contribution in [-0.4, -0.2) is 40.6 Å². The van der Waals surface area contributed by atoms with Crippen LogP contribution in [0.1, 0.15) is 0 Å². The third-order valence-corrected chi connectivity index (χ3v) is 1.98. The Kier molecular flexibility index (Phi) is 5.97. The summed E-state index contributed by atoms with van der Waals surface area (Å²) in [6, 6.07) is 0. The number of nitrogens with zero attached hydrogens (tertiary/aromatic N) is 1. The number of nitrogens with two attached hydrogens (primary N) is 1. The highest BCUT2D eigenvalue weighted by molar-refractivity contribution is 7.80. The van der Waals surface area contributed by atoms with E-state index in [0.29, 0.717) is 5.01 Å². The molecule has 0 aliphatic heterocycles. The summed E-state index contributed by atoms with van der Waals surface area (Å²) >= 11 is 4.87. The molecule has 4 N–H and O–H groups in total. The number of likely N-dealkylation sites (N-methyl/N-ethyl adjacent to an activating group) is 1. The van der Waals surface area contributed by atoms with E-state index in [1.54, 1.807) is 7.05 Å². The summed E-state index contributed by atoms with van der Waals surface area (Å²) in [5.41, 5.74) is 0.0938. The first kappa shape index (κ1) is 14.3. The second kappa shape index (κ2) is 6.70. The number of allylic oxidation sites excluding steroid dienone is 2. The van der Waals surface area contributed by atoms with Crippen LogP contribution in [0, 0.1) is 0 Å². The molecule has 88 valence electrons. The van der Waals surface area contributed by atoms with E-state index in [2.05, 4.69) is 11.9 Å². The van der Waals surface area contributed by atoms with Gasteiger partial charge < -0.3 is 10.4 Å². The molecule has 7 heteroatoms. The normalized spacial score (nSPS) is 10.5. The minimum Gasteiger partial charge on any atom is -0.480 e. The van der Waals surface area contributed by atoms with E-state index < -0.39 is 18.4 Å². The van der Waals surface area contributed by atoms with Crippen molar-refractivity contribution in [2.45, 2.75) is 0 Å². The summed E-state index contributed by atoms with van der Waals surface area (Å²) in [6.07, 6.45) is 2.73. The van der Waals surface area contributed by atoms with Gasteiger partial charge in [-0.15, -0.1) is 0 Å². The van der Waals surface area contributed by atoms with Gasteiger partial charge in [-0.05, 0) is 6.08 Å². The highest BCUT2D eigenvalue weighted by atomic mass is 32.1. The average Bonchev–Trinajstić information content (AvgIpc) is 2.23. The summed E-state index contributed by atoms with van der Waals surface area (Å²) < 4.78 is 0. The van der Waals surface area contributed by atoms with Gasteiger partial charge >= 0.3 is 5.97 Å². The van der Waals surface area contributed by atoms with E-state index in [1.165, 1.54) is 12.2 Å². The lowest BCUT2D eigenvalue weighted by Gasteiger charge is -2.16. The summed E-state index contributed by atoms with van der Waals surface area (Å²) in [7, 11) is 1.55. The number of amides is 1. The fraction of sp³-hybridized carbons (Fsp3) is 0.222. The first-order valence-electron chi connectivity index (χ1n) is 4.27. The van der Waals surface area contributed by atoms with Crippen LogP contribution in [0.2, 0.25) is 0 Å². The molecule has 6 nitrogen and oxygen atoms in total. The third kappa shape index (κ3) is 4.20. The molecule has 16 heavy (non-hydrogen) atoms. The van der Waals surface area contributed by atoms with Crippen molar-refractivity contribution >= 4 is 29.1 Å². The van der Waals surface area contributed by atoms with Crippen LogP contribution >= 0.6 is 12.2 Å². The molecular weight excluding hydrogens is 230 g/mol. The highest BCUT2D eigenvalue weighted by Gasteiger charge is 2.19. The average molecular weight is 243 g/mol. The molecule has 0 aromatic rings. The molecule has 0 bridgehead atoms. The van der Waals surface area contributed by atoms with Crippen LogP contribution in [0.5, 0.6) is 0 Å². The topological polar surface area (TPSA) is 95.7 Å². The molecule has 0 saturated heterocycles. The Hall–Kier alpha value is -1.73. The first-order valence-corrected chi connectivity index (χ1v) is 4.68. The molecule has 0 fully saturated rings. The molecule has 1 amide bonds. The molecule has 0 saturated carbocycles. The zero-order chi connectivity index (χ0) is 12.7. The number of carboxylic acids is 1. The fourth-order valence-electron chi connectivity index (χ4n) is 0.869. The molecule has 0 aliphatic rings. The third-order valence-electron chi connectivity index (χ3n) is 1.55. The van der Waals surface area contributed by atoms with Gasteiger partial charge in [-0.1, -0.05) is 24.9 Å². The van der Waals surface area contributed by atoms with Gasteiger partial charge in [-0.25, -0.2) is 5.84 Å². The fourth-order valence-corrected chi connectivity index (χ4v) is 1.02. The Morgan fingerprint density at radius 1 is 1.62 bits per heavy atom. The first-order chi connectivity index (χ1) is 7.43. The van der Waals surface area contributed by atoms with Gasteiger partial charge in [-0.2, -0.15) is 0 Å². The van der Waals surface area contributed by atoms with Gasteiger partial charge in [0.05, 0.1) is 5.57 Å². The Bertz CT molecular complexity index is 352. The lowest BCUT2D eigenvalue weighted by atomic mass is 10.2. The maximum atomic E-state index is 11.7. The molecule has 0 heterocycles. The summed E-state index contributed by atoms with van der Waals surface area (Å²) in [5.74, 6) is 3.40. The Balaban J connectivity index is 4.89. The number of carboxylic acid groups (broad SMARTS) is 1. The maximum absolute atomic E-state index is 11.7. The molecule has 0 aromatic heterocycles. The van der Waals surface area contributed by atoms with Gasteiger partial charge in [0, 0.05) is 7.05 Å². The van der Waals surface area contributed by atoms with E-state index in [1.807, 2.05) is 0 Å². The Morgan fingerprint density at radius 2 is 2.19 bits per heavy atom. The largest absolute Gasteiger partial charge is 0.480 e. The summed E-state index contributed by atoms with van der Waals surface area (Å²) in [5, 5.41) is 11.7. The number of carbonyl (C=O) groups is 2. The van der Waals surface area contributed by atoms with Crippen LogP contribution in [0.3, 0.4) is 0 Å². The number of rotatable bonds is 5. The number of hydrogen-bond acceptors (Lipinski definition) is 4. The van der Waals surface area contributed by atoms with Crippen molar-refractivity contribution in [3.63, 3.8) is 0 Å². The van der Waals surface area contributed by atoms with Crippen molar-refractivity contribution in [3.8, 4) is 0 Å². The van der Waals surface area contributed by atoms with Crippen molar-refractivity contribution in [1.82, 2.24) is 10.3 Å². The molecule has 0 spiro atoms. The van der Waals surface area contributed by atoms with Crippen molar-refractivity contribution in [2.75, 3.05) is 13.6 Å². The number of hydrogen-bond donors (Lipinski definition) is 3. The van der Waals surface area contributed by atoms with Crippen molar-refractivity contribution in [3.05, 3.63) is 24.3 Å². The number of hydrazine groups is 1. The molecule has 0 aromatic carbocycles. The molecule has 0 radical (unpaired) electrons. The monoisotopic (exact) mass is 243 g/mol. The van der Waals surface area contributed by atoms with E-state index >= 15 is 0 Å². The highest BCUT2D eigenvalue weighted by Crippen LogP contribution is 2.01. The van der Waals surface area contributed by atoms with Crippen LogP contribution in [0.4, 0.5) is 0 Å². The lowest BCUT2D eigenvalue weighted by Crippen LogP contribution is -2.44. The van der Waals surface area contributed by atoms with Crippen LogP contribution < -0.4 is 11.2 Å². The number of aliphatic carboxylic acids is 1.